The summed E-state index contributed by atoms with van der Waals surface area (Å²) < 4.78 is 0. The third-order valence-corrected chi connectivity index (χ3v) is 3.10. The van der Waals surface area contributed by atoms with Crippen molar-refractivity contribution in [2.24, 2.45) is 0 Å². The molecule has 1 aromatic carbocycles. The summed E-state index contributed by atoms with van der Waals surface area (Å²) in [5.41, 5.74) is 1.95. The van der Waals surface area contributed by atoms with Crippen LogP contribution in [0.15, 0.2) is 18.2 Å². The molecule has 1 amide bonds. The van der Waals surface area contributed by atoms with Gasteiger partial charge in [0, 0.05) is 6.54 Å². The highest BCUT2D eigenvalue weighted by Gasteiger charge is 2.28. The van der Waals surface area contributed by atoms with E-state index in [1.165, 1.54) is 0 Å². The van der Waals surface area contributed by atoms with E-state index >= 15 is 0 Å². The van der Waals surface area contributed by atoms with Crippen LogP contribution in [0.1, 0.15) is 12.0 Å². The van der Waals surface area contributed by atoms with Crippen LogP contribution in [0.5, 0.6) is 0 Å². The Kier molecular flexibility index (Phi) is 3.46. The zero-order chi connectivity index (χ0) is 11.5. The van der Waals surface area contributed by atoms with Crippen molar-refractivity contribution in [1.29, 1.82) is 0 Å². The van der Waals surface area contributed by atoms with E-state index in [-0.39, 0.29) is 5.91 Å². The molecular formula is C12H15ClN2O. The van der Waals surface area contributed by atoms with Gasteiger partial charge in [-0.1, -0.05) is 23.7 Å². The smallest absolute Gasteiger partial charge is 0.231 e. The Labute approximate surface area is 100 Å². The van der Waals surface area contributed by atoms with Crippen molar-refractivity contribution in [3.8, 4) is 0 Å². The van der Waals surface area contributed by atoms with Gasteiger partial charge in [-0.25, -0.2) is 0 Å². The second kappa shape index (κ2) is 4.85. The van der Waals surface area contributed by atoms with Crippen LogP contribution in [0.2, 0.25) is 5.02 Å². The molecule has 0 atom stereocenters. The number of nitrogens with zero attached hydrogens (tertiary/aromatic N) is 1. The van der Waals surface area contributed by atoms with Crippen LogP contribution in [-0.2, 0) is 11.2 Å². The molecular weight excluding hydrogens is 224 g/mol. The standard InChI is InChI=1S/C12H15ClN2O/c1-14-6-3-7-15-11(16)8-9-4-2-5-10(13)12(9)15/h2,4-5,14H,3,6-8H2,1H3. The molecule has 2 rings (SSSR count). The Morgan fingerprint density at radius 2 is 2.31 bits per heavy atom. The molecule has 86 valence electrons. The van der Waals surface area contributed by atoms with Gasteiger partial charge in [0.1, 0.15) is 0 Å². The summed E-state index contributed by atoms with van der Waals surface area (Å²) in [6.45, 7) is 1.64. The van der Waals surface area contributed by atoms with Gasteiger partial charge in [-0.05, 0) is 31.6 Å². The highest BCUT2D eigenvalue weighted by atomic mass is 35.5. The summed E-state index contributed by atoms with van der Waals surface area (Å²) in [5.74, 6) is 0.152. The maximum atomic E-state index is 11.8. The Hall–Kier alpha value is -1.06. The lowest BCUT2D eigenvalue weighted by Crippen LogP contribution is -2.29. The van der Waals surface area contributed by atoms with Crippen molar-refractivity contribution >= 4 is 23.2 Å². The summed E-state index contributed by atoms with van der Waals surface area (Å²) in [6.07, 6.45) is 1.42. The summed E-state index contributed by atoms with van der Waals surface area (Å²) in [4.78, 5) is 13.6. The molecule has 1 heterocycles. The Morgan fingerprint density at radius 3 is 3.06 bits per heavy atom. The van der Waals surface area contributed by atoms with Crippen molar-refractivity contribution < 1.29 is 4.79 Å². The van der Waals surface area contributed by atoms with Gasteiger partial charge >= 0.3 is 0 Å². The highest BCUT2D eigenvalue weighted by Crippen LogP contribution is 2.35. The molecule has 1 aliphatic heterocycles. The predicted octanol–water partition coefficient (Wildman–Crippen LogP) is 1.84. The summed E-state index contributed by atoms with van der Waals surface area (Å²) in [5, 5.41) is 3.75. The van der Waals surface area contributed by atoms with E-state index in [1.807, 2.05) is 25.2 Å². The first-order valence-corrected chi connectivity index (χ1v) is 5.84. The molecule has 1 aliphatic rings. The van der Waals surface area contributed by atoms with E-state index in [9.17, 15) is 4.79 Å². The van der Waals surface area contributed by atoms with Gasteiger partial charge in [0.15, 0.2) is 0 Å². The maximum absolute atomic E-state index is 11.8. The van der Waals surface area contributed by atoms with E-state index in [0.717, 1.165) is 30.8 Å². The van der Waals surface area contributed by atoms with Gasteiger partial charge in [-0.15, -0.1) is 0 Å². The van der Waals surface area contributed by atoms with Crippen molar-refractivity contribution in [2.75, 3.05) is 25.0 Å². The summed E-state index contributed by atoms with van der Waals surface area (Å²) >= 11 is 6.13. The molecule has 16 heavy (non-hydrogen) atoms. The lowest BCUT2D eigenvalue weighted by atomic mass is 10.2. The third-order valence-electron chi connectivity index (χ3n) is 2.79. The highest BCUT2D eigenvalue weighted by molar-refractivity contribution is 6.34. The molecule has 0 unspecified atom stereocenters. The number of anilines is 1. The van der Waals surface area contributed by atoms with Gasteiger partial charge < -0.3 is 10.2 Å². The molecule has 0 fully saturated rings. The molecule has 4 heteroatoms. The lowest BCUT2D eigenvalue weighted by Gasteiger charge is -2.18. The third kappa shape index (κ3) is 2.06. The molecule has 0 aromatic heterocycles. The number of carbonyl (C=O) groups excluding carboxylic acids is 1. The molecule has 0 bridgehead atoms. The number of nitrogens with one attached hydrogen (secondary N) is 1. The lowest BCUT2D eigenvalue weighted by molar-refractivity contribution is -0.117. The van der Waals surface area contributed by atoms with E-state index in [4.69, 9.17) is 11.6 Å². The first-order valence-electron chi connectivity index (χ1n) is 5.46. The number of halogens is 1. The molecule has 3 nitrogen and oxygen atoms in total. The number of rotatable bonds is 4. The quantitative estimate of drug-likeness (QED) is 0.812. The van der Waals surface area contributed by atoms with E-state index in [1.54, 1.807) is 4.90 Å². The van der Waals surface area contributed by atoms with Crippen molar-refractivity contribution in [2.45, 2.75) is 12.8 Å². The maximum Gasteiger partial charge on any atom is 0.231 e. The average molecular weight is 239 g/mol. The van der Waals surface area contributed by atoms with Crippen molar-refractivity contribution in [3.63, 3.8) is 0 Å². The monoisotopic (exact) mass is 238 g/mol. The van der Waals surface area contributed by atoms with Crippen LogP contribution >= 0.6 is 11.6 Å². The fraction of sp³-hybridized carbons (Fsp3) is 0.417. The molecule has 0 radical (unpaired) electrons. The first-order chi connectivity index (χ1) is 7.74. The topological polar surface area (TPSA) is 32.3 Å². The number of benzene rings is 1. The van der Waals surface area contributed by atoms with Crippen molar-refractivity contribution in [1.82, 2.24) is 5.32 Å². The number of hydrogen-bond acceptors (Lipinski definition) is 2. The fourth-order valence-corrected chi connectivity index (χ4v) is 2.33. The number of amides is 1. The van der Waals surface area contributed by atoms with Gasteiger partial charge in [-0.2, -0.15) is 0 Å². The van der Waals surface area contributed by atoms with Crippen LogP contribution in [0.4, 0.5) is 5.69 Å². The molecule has 1 aromatic rings. The largest absolute Gasteiger partial charge is 0.320 e. The van der Waals surface area contributed by atoms with E-state index in [0.29, 0.717) is 11.4 Å². The van der Waals surface area contributed by atoms with Gasteiger partial charge in [0.05, 0.1) is 17.1 Å². The van der Waals surface area contributed by atoms with Crippen LogP contribution in [-0.4, -0.2) is 26.0 Å². The molecule has 1 N–H and O–H groups in total. The Morgan fingerprint density at radius 1 is 1.50 bits per heavy atom. The number of para-hydroxylation sites is 1. The van der Waals surface area contributed by atoms with E-state index < -0.39 is 0 Å². The van der Waals surface area contributed by atoms with Crippen LogP contribution in [0.3, 0.4) is 0 Å². The summed E-state index contributed by atoms with van der Waals surface area (Å²) in [7, 11) is 1.91. The Bertz CT molecular complexity index is 406. The predicted molar refractivity (Wildman–Crippen MR) is 66.1 cm³/mol. The molecule has 0 spiro atoms. The minimum Gasteiger partial charge on any atom is -0.320 e. The second-order valence-electron chi connectivity index (χ2n) is 3.93. The average Bonchev–Trinajstić information content (AvgIpc) is 2.57. The zero-order valence-corrected chi connectivity index (χ0v) is 10.0. The SMILES string of the molecule is CNCCCN1C(=O)Cc2cccc(Cl)c21. The van der Waals surface area contributed by atoms with Gasteiger partial charge in [0.2, 0.25) is 5.91 Å². The van der Waals surface area contributed by atoms with Crippen LogP contribution in [0, 0.1) is 0 Å². The number of fused-ring (bicyclic) bond motifs is 1. The van der Waals surface area contributed by atoms with Crippen LogP contribution in [0.25, 0.3) is 0 Å². The van der Waals surface area contributed by atoms with Crippen LogP contribution < -0.4 is 10.2 Å². The minimum absolute atomic E-state index is 0.152. The zero-order valence-electron chi connectivity index (χ0n) is 9.29. The van der Waals surface area contributed by atoms with Gasteiger partial charge in [0.25, 0.3) is 0 Å². The molecule has 0 saturated heterocycles. The van der Waals surface area contributed by atoms with E-state index in [2.05, 4.69) is 5.32 Å². The fourth-order valence-electron chi connectivity index (χ4n) is 2.04. The molecule has 0 saturated carbocycles. The number of carbonyl (C=O) groups is 1. The minimum atomic E-state index is 0.152. The number of hydrogen-bond donors (Lipinski definition) is 1. The molecule has 0 aliphatic carbocycles. The Balaban J connectivity index is 2.18. The summed E-state index contributed by atoms with van der Waals surface area (Å²) in [6, 6.07) is 5.70. The first kappa shape index (κ1) is 11.4. The normalized spacial score (nSPS) is 14.4. The second-order valence-corrected chi connectivity index (χ2v) is 4.33. The van der Waals surface area contributed by atoms with Gasteiger partial charge in [-0.3, -0.25) is 4.79 Å². The van der Waals surface area contributed by atoms with Crippen molar-refractivity contribution in [3.05, 3.63) is 28.8 Å².